The van der Waals surface area contributed by atoms with Crippen molar-refractivity contribution >= 4 is 29.4 Å². The summed E-state index contributed by atoms with van der Waals surface area (Å²) in [7, 11) is 4.01. The van der Waals surface area contributed by atoms with Crippen LogP contribution >= 0.6 is 0 Å². The normalized spacial score (nSPS) is 13.4. The molecule has 1 aromatic heterocycles. The van der Waals surface area contributed by atoms with E-state index in [-0.39, 0.29) is 30.2 Å². The molecular weight excluding hydrogens is 584 g/mol. The predicted molar refractivity (Wildman–Crippen MR) is 178 cm³/mol. The zero-order valence-corrected chi connectivity index (χ0v) is 25.7. The van der Waals surface area contributed by atoms with Crippen LogP contribution in [0, 0.1) is 6.92 Å². The van der Waals surface area contributed by atoms with Crippen LogP contribution in [0.2, 0.25) is 0 Å². The molecule has 0 bridgehead atoms. The summed E-state index contributed by atoms with van der Waals surface area (Å²) in [5.74, 6) is -0.375. The van der Waals surface area contributed by atoms with E-state index in [0.29, 0.717) is 38.8 Å². The number of hydrogen-bond acceptors (Lipinski definition) is 8. The number of fused-ring (bicyclic) bond motifs is 1. The van der Waals surface area contributed by atoms with Gasteiger partial charge < -0.3 is 4.90 Å². The molecule has 0 aliphatic carbocycles. The number of aromatic nitrogens is 1. The van der Waals surface area contributed by atoms with Gasteiger partial charge in [0.25, 0.3) is 11.5 Å². The zero-order chi connectivity index (χ0) is 32.6. The van der Waals surface area contributed by atoms with Crippen LogP contribution in [0.25, 0.3) is 17.8 Å². The van der Waals surface area contributed by atoms with E-state index in [9.17, 15) is 9.59 Å². The molecule has 10 nitrogen and oxygen atoms in total. The summed E-state index contributed by atoms with van der Waals surface area (Å²) >= 11 is 0. The Kier molecular flexibility index (Phi) is 10.2. The number of hydrogen-bond donors (Lipinski definition) is 2. The first-order valence-electron chi connectivity index (χ1n) is 14.5. The summed E-state index contributed by atoms with van der Waals surface area (Å²) in [4.78, 5) is 38.3. The van der Waals surface area contributed by atoms with Gasteiger partial charge in [0.15, 0.2) is 5.49 Å². The molecule has 0 fully saturated rings. The molecule has 2 heterocycles. The molecule has 0 saturated carbocycles. The summed E-state index contributed by atoms with van der Waals surface area (Å²) in [5, 5.41) is 23.8. The molecule has 1 aliphatic heterocycles. The highest BCUT2D eigenvalue weighted by Gasteiger charge is 2.30. The fourth-order valence-electron chi connectivity index (χ4n) is 5.02. The van der Waals surface area contributed by atoms with E-state index >= 15 is 0 Å². The molecule has 46 heavy (non-hydrogen) atoms. The van der Waals surface area contributed by atoms with Crippen molar-refractivity contribution in [3.05, 3.63) is 152 Å². The third kappa shape index (κ3) is 6.96. The molecule has 0 unspecified atom stereocenters. The third-order valence-corrected chi connectivity index (χ3v) is 7.49. The van der Waals surface area contributed by atoms with Crippen molar-refractivity contribution < 1.29 is 25.1 Å². The number of benzene rings is 3. The van der Waals surface area contributed by atoms with Crippen LogP contribution < -0.4 is 26.2 Å². The number of nitrogens with zero attached hydrogens (tertiary/aromatic N) is 4. The van der Waals surface area contributed by atoms with E-state index in [1.165, 1.54) is 9.58 Å². The number of carbonyl (C=O) groups is 1. The minimum Gasteiger partial charge on any atom is -0.378 e. The summed E-state index contributed by atoms with van der Waals surface area (Å²) in [6.07, 6.45) is 13.0. The van der Waals surface area contributed by atoms with E-state index in [1.54, 1.807) is 67.6 Å². The second-order valence-corrected chi connectivity index (χ2v) is 10.8. The molecule has 2 N–H and O–H groups in total. The number of allylic oxidation sites excluding steroid dienone is 5. The molecule has 0 spiro atoms. The molecular formula is C36H34N4O6. The van der Waals surface area contributed by atoms with Crippen molar-refractivity contribution in [3.8, 4) is 5.69 Å². The van der Waals surface area contributed by atoms with E-state index < -0.39 is 0 Å². The van der Waals surface area contributed by atoms with Crippen molar-refractivity contribution in [2.75, 3.05) is 24.0 Å². The van der Waals surface area contributed by atoms with Crippen molar-refractivity contribution in [2.24, 2.45) is 5.10 Å². The Hall–Kier alpha value is -5.39. The summed E-state index contributed by atoms with van der Waals surface area (Å²) < 4.78 is 1.41. The predicted octanol–water partition coefficient (Wildman–Crippen LogP) is 4.99. The van der Waals surface area contributed by atoms with Crippen LogP contribution in [-0.4, -0.2) is 35.1 Å². The zero-order valence-electron chi connectivity index (χ0n) is 25.7. The molecule has 4 aromatic rings. The summed E-state index contributed by atoms with van der Waals surface area (Å²) in [5.41, 5.74) is 5.31. The highest BCUT2D eigenvalue weighted by Crippen LogP contribution is 2.22. The minimum absolute atomic E-state index is 0.00455. The van der Waals surface area contributed by atoms with E-state index in [2.05, 4.69) is 39.1 Å². The molecule has 5 rings (SSSR count). The Labute approximate surface area is 265 Å². The van der Waals surface area contributed by atoms with Crippen LogP contribution in [0.4, 0.5) is 11.4 Å². The van der Waals surface area contributed by atoms with Gasteiger partial charge in [-0.2, -0.15) is 5.01 Å². The first kappa shape index (κ1) is 32.0. The van der Waals surface area contributed by atoms with Gasteiger partial charge in [-0.15, -0.1) is 5.10 Å². The third-order valence-electron chi connectivity index (χ3n) is 7.49. The Balaban J connectivity index is 1.50. The number of pyridine rings is 1. The maximum absolute atomic E-state index is 14.0. The topological polar surface area (TPSA) is 117 Å². The summed E-state index contributed by atoms with van der Waals surface area (Å²) in [6, 6.07) is 21.9. The Morgan fingerprint density at radius 1 is 0.761 bits per heavy atom. The monoisotopic (exact) mass is 618 g/mol. The second-order valence-electron chi connectivity index (χ2n) is 10.8. The average Bonchev–Trinajstić information content (AvgIpc) is 3.40. The van der Waals surface area contributed by atoms with Gasteiger partial charge in [-0.3, -0.25) is 24.7 Å². The Bertz CT molecular complexity index is 1980. The first-order chi connectivity index (χ1) is 22.3. The smallest absolute Gasteiger partial charge is 0.282 e. The van der Waals surface area contributed by atoms with E-state index in [1.807, 2.05) is 49.4 Å². The van der Waals surface area contributed by atoms with Gasteiger partial charge in [-0.05, 0) is 71.7 Å². The van der Waals surface area contributed by atoms with E-state index in [4.69, 9.17) is 10.5 Å². The first-order valence-corrected chi connectivity index (χ1v) is 14.5. The standard InChI is InChI=1S/C36H34N4O6/c1-25-32(10-8-6-4-5-7-9-26-11-17-29(18-12-26)38(2)3)35(41)39(30-19-13-27(14-20-30)23-45-43)34-33(25)36(42)40(37-34)31-21-15-28(16-22-31)24-46-44/h4-22,43-44H,23-24H2,1-3H3/b5-4+,8-6+,9-7+,32-10+. The molecule has 0 atom stereocenters. The quantitative estimate of drug-likeness (QED) is 0.138. The maximum Gasteiger partial charge on any atom is 0.282 e. The average molecular weight is 619 g/mol. The van der Waals surface area contributed by atoms with Crippen molar-refractivity contribution in [1.82, 2.24) is 4.57 Å². The fourth-order valence-corrected chi connectivity index (χ4v) is 5.02. The van der Waals surface area contributed by atoms with Gasteiger partial charge in [-0.25, -0.2) is 9.78 Å². The van der Waals surface area contributed by atoms with Crippen LogP contribution in [0.1, 0.15) is 32.6 Å². The molecule has 234 valence electrons. The fraction of sp³-hybridized carbons (Fsp3) is 0.139. The highest BCUT2D eigenvalue weighted by atomic mass is 17.1. The molecule has 0 saturated heterocycles. The molecule has 10 heteroatoms. The second kappa shape index (κ2) is 14.6. The highest BCUT2D eigenvalue weighted by molar-refractivity contribution is 6.08. The Morgan fingerprint density at radius 3 is 1.91 bits per heavy atom. The van der Waals surface area contributed by atoms with Crippen LogP contribution in [0.3, 0.4) is 0 Å². The van der Waals surface area contributed by atoms with Gasteiger partial charge >= 0.3 is 0 Å². The van der Waals surface area contributed by atoms with Crippen LogP contribution in [0.5, 0.6) is 0 Å². The number of carbonyl (C=O) groups excluding carboxylic acids is 1. The van der Waals surface area contributed by atoms with E-state index in [0.717, 1.165) is 11.3 Å². The molecule has 3 aromatic carbocycles. The van der Waals surface area contributed by atoms with Gasteiger partial charge in [0.2, 0.25) is 0 Å². The van der Waals surface area contributed by atoms with Gasteiger partial charge in [0.1, 0.15) is 13.2 Å². The lowest BCUT2D eigenvalue weighted by Gasteiger charge is -2.12. The SMILES string of the molecule is Cc1c2c(n(-c3ccc(COO)cc3)c(=O)/c1=C/C=C/C=C/C=C/c1ccc(N(C)C)cc1)=NN(c1ccc(COO)cc1)C2=O. The maximum atomic E-state index is 14.0. The van der Waals surface area contributed by atoms with Gasteiger partial charge in [0, 0.05) is 25.0 Å². The molecule has 1 aliphatic rings. The van der Waals surface area contributed by atoms with Crippen LogP contribution in [0.15, 0.2) is 113 Å². The van der Waals surface area contributed by atoms with Crippen molar-refractivity contribution in [3.63, 3.8) is 0 Å². The van der Waals surface area contributed by atoms with Gasteiger partial charge in [-0.1, -0.05) is 72.9 Å². The lowest BCUT2D eigenvalue weighted by Crippen LogP contribution is -2.45. The lowest BCUT2D eigenvalue weighted by molar-refractivity contribution is -0.253. The van der Waals surface area contributed by atoms with Crippen molar-refractivity contribution in [1.29, 1.82) is 0 Å². The number of anilines is 2. The molecule has 1 amide bonds. The molecule has 0 radical (unpaired) electrons. The lowest BCUT2D eigenvalue weighted by atomic mass is 10.1. The largest absolute Gasteiger partial charge is 0.378 e. The number of rotatable bonds is 11. The Morgan fingerprint density at radius 2 is 1.33 bits per heavy atom. The van der Waals surface area contributed by atoms with Gasteiger partial charge in [0.05, 0.1) is 16.9 Å². The van der Waals surface area contributed by atoms with Crippen molar-refractivity contribution in [2.45, 2.75) is 20.1 Å². The number of amides is 1. The summed E-state index contributed by atoms with van der Waals surface area (Å²) in [6.45, 7) is 1.74. The minimum atomic E-state index is -0.375. The van der Waals surface area contributed by atoms with Crippen LogP contribution in [-0.2, 0) is 23.0 Å².